The Morgan fingerprint density at radius 2 is 2.04 bits per heavy atom. The summed E-state index contributed by atoms with van der Waals surface area (Å²) >= 11 is 0. The van der Waals surface area contributed by atoms with Gasteiger partial charge in [0.15, 0.2) is 0 Å². The van der Waals surface area contributed by atoms with Gasteiger partial charge >= 0.3 is 0 Å². The van der Waals surface area contributed by atoms with Crippen LogP contribution in [0.15, 0.2) is 24.3 Å². The van der Waals surface area contributed by atoms with Crippen LogP contribution in [0.3, 0.4) is 0 Å². The molecule has 0 saturated carbocycles. The minimum absolute atomic E-state index is 0.0228. The van der Waals surface area contributed by atoms with Gasteiger partial charge in [-0.15, -0.1) is 0 Å². The van der Waals surface area contributed by atoms with Crippen molar-refractivity contribution in [3.8, 4) is 0 Å². The number of aryl methyl sites for hydroxylation is 1. The van der Waals surface area contributed by atoms with Crippen LogP contribution in [0.4, 0.5) is 0 Å². The van der Waals surface area contributed by atoms with Crippen molar-refractivity contribution < 1.29 is 14.3 Å². The summed E-state index contributed by atoms with van der Waals surface area (Å²) in [5, 5.41) is 3.02. The fourth-order valence-corrected chi connectivity index (χ4v) is 2.72. The highest BCUT2D eigenvalue weighted by Crippen LogP contribution is 2.15. The lowest BCUT2D eigenvalue weighted by Gasteiger charge is -2.24. The summed E-state index contributed by atoms with van der Waals surface area (Å²) < 4.78 is 11.3. The largest absolute Gasteiger partial charge is 0.376 e. The summed E-state index contributed by atoms with van der Waals surface area (Å²) in [5.74, 6) is -0.0760. The molecule has 1 N–H and O–H groups in total. The van der Waals surface area contributed by atoms with Crippen LogP contribution >= 0.6 is 0 Å². The minimum Gasteiger partial charge on any atom is -0.376 e. The monoisotopic (exact) mass is 319 g/mol. The van der Waals surface area contributed by atoms with Gasteiger partial charge in [0, 0.05) is 6.61 Å². The molecule has 0 radical (unpaired) electrons. The van der Waals surface area contributed by atoms with Crippen molar-refractivity contribution >= 4 is 5.91 Å². The molecule has 1 amide bonds. The van der Waals surface area contributed by atoms with Crippen LogP contribution in [-0.2, 0) is 20.7 Å². The average Bonchev–Trinajstić information content (AvgIpc) is 2.60. The van der Waals surface area contributed by atoms with Crippen LogP contribution in [0.5, 0.6) is 0 Å². The maximum absolute atomic E-state index is 12.2. The van der Waals surface area contributed by atoms with Crippen LogP contribution in [0.1, 0.15) is 57.2 Å². The first-order chi connectivity index (χ1) is 11.1. The first kappa shape index (κ1) is 18.0. The molecule has 0 unspecified atom stereocenters. The first-order valence-electron chi connectivity index (χ1n) is 8.72. The number of nitrogens with one attached hydrogen (secondary N) is 1. The smallest absolute Gasteiger partial charge is 0.249 e. The molecule has 4 heteroatoms. The van der Waals surface area contributed by atoms with Crippen molar-refractivity contribution in [2.75, 3.05) is 13.2 Å². The highest BCUT2D eigenvalue weighted by atomic mass is 16.5. The second-order valence-electron chi connectivity index (χ2n) is 6.29. The van der Waals surface area contributed by atoms with Crippen molar-refractivity contribution in [1.82, 2.24) is 5.32 Å². The summed E-state index contributed by atoms with van der Waals surface area (Å²) in [6, 6.07) is 8.35. The SMILES string of the molecule is CCc1ccc([C@H](C)NC(=O)[C@@H](C)OC[C@@H]2CCCCO2)cc1. The lowest BCUT2D eigenvalue weighted by molar-refractivity contribution is -0.136. The van der Waals surface area contributed by atoms with E-state index in [4.69, 9.17) is 9.47 Å². The molecule has 2 rings (SSSR count). The maximum Gasteiger partial charge on any atom is 0.249 e. The number of carbonyl (C=O) groups excluding carboxylic acids is 1. The molecule has 1 aromatic rings. The Bertz CT molecular complexity index is 480. The fourth-order valence-electron chi connectivity index (χ4n) is 2.72. The Labute approximate surface area is 139 Å². The Morgan fingerprint density at radius 1 is 1.30 bits per heavy atom. The van der Waals surface area contributed by atoms with Crippen LogP contribution in [0.25, 0.3) is 0 Å². The molecule has 23 heavy (non-hydrogen) atoms. The lowest BCUT2D eigenvalue weighted by atomic mass is 10.0. The van der Waals surface area contributed by atoms with E-state index in [-0.39, 0.29) is 18.1 Å². The summed E-state index contributed by atoms with van der Waals surface area (Å²) in [6.45, 7) is 7.23. The molecule has 1 aliphatic heterocycles. The van der Waals surface area contributed by atoms with Crippen LogP contribution in [0, 0.1) is 0 Å². The van der Waals surface area contributed by atoms with Gasteiger partial charge in [0.1, 0.15) is 6.10 Å². The standard InChI is InChI=1S/C19H29NO3/c1-4-16-8-10-17(11-9-16)14(2)20-19(21)15(3)23-13-18-7-5-6-12-22-18/h8-11,14-15,18H,4-7,12-13H2,1-3H3,(H,20,21)/t14-,15+,18-/m0/s1. The normalized spacial score (nSPS) is 20.7. The third-order valence-corrected chi connectivity index (χ3v) is 4.42. The Balaban J connectivity index is 1.77. The Morgan fingerprint density at radius 3 is 2.65 bits per heavy atom. The zero-order chi connectivity index (χ0) is 16.7. The number of hydrogen-bond donors (Lipinski definition) is 1. The van der Waals surface area contributed by atoms with Crippen LogP contribution in [-0.4, -0.2) is 31.3 Å². The zero-order valence-electron chi connectivity index (χ0n) is 14.5. The predicted molar refractivity (Wildman–Crippen MR) is 91.4 cm³/mol. The highest BCUT2D eigenvalue weighted by molar-refractivity contribution is 5.80. The van der Waals surface area contributed by atoms with Gasteiger partial charge in [-0.2, -0.15) is 0 Å². The van der Waals surface area contributed by atoms with Crippen LogP contribution in [0.2, 0.25) is 0 Å². The molecule has 0 bridgehead atoms. The van der Waals surface area contributed by atoms with E-state index in [0.717, 1.165) is 31.4 Å². The molecule has 3 atom stereocenters. The van der Waals surface area contributed by atoms with E-state index in [2.05, 4.69) is 36.5 Å². The summed E-state index contributed by atoms with van der Waals surface area (Å²) in [5.41, 5.74) is 2.41. The van der Waals surface area contributed by atoms with Crippen molar-refractivity contribution in [2.24, 2.45) is 0 Å². The number of amides is 1. The molecule has 0 spiro atoms. The summed E-state index contributed by atoms with van der Waals surface area (Å²) in [4.78, 5) is 12.2. The van der Waals surface area contributed by atoms with E-state index in [1.165, 1.54) is 12.0 Å². The van der Waals surface area contributed by atoms with Gasteiger partial charge in [-0.1, -0.05) is 31.2 Å². The molecule has 128 valence electrons. The summed E-state index contributed by atoms with van der Waals surface area (Å²) in [6.07, 6.45) is 4.03. The van der Waals surface area contributed by atoms with Gasteiger partial charge in [-0.05, 0) is 50.7 Å². The number of ether oxygens (including phenoxy) is 2. The zero-order valence-corrected chi connectivity index (χ0v) is 14.5. The quantitative estimate of drug-likeness (QED) is 0.838. The Hall–Kier alpha value is -1.39. The molecular formula is C19H29NO3. The van der Waals surface area contributed by atoms with E-state index >= 15 is 0 Å². The molecule has 0 aliphatic carbocycles. The second-order valence-corrected chi connectivity index (χ2v) is 6.29. The van der Waals surface area contributed by atoms with Gasteiger partial charge in [0.05, 0.1) is 18.8 Å². The number of benzene rings is 1. The van der Waals surface area contributed by atoms with Crippen molar-refractivity contribution in [3.63, 3.8) is 0 Å². The van der Waals surface area contributed by atoms with Gasteiger partial charge in [-0.3, -0.25) is 4.79 Å². The second kappa shape index (κ2) is 9.04. The van der Waals surface area contributed by atoms with Crippen LogP contribution < -0.4 is 5.32 Å². The number of rotatable bonds is 7. The maximum atomic E-state index is 12.2. The van der Waals surface area contributed by atoms with E-state index in [0.29, 0.717) is 6.61 Å². The third-order valence-electron chi connectivity index (χ3n) is 4.42. The lowest BCUT2D eigenvalue weighted by Crippen LogP contribution is -2.38. The molecule has 4 nitrogen and oxygen atoms in total. The molecule has 1 saturated heterocycles. The molecule has 1 fully saturated rings. The van der Waals surface area contributed by atoms with E-state index in [1.54, 1.807) is 6.92 Å². The van der Waals surface area contributed by atoms with E-state index in [1.807, 2.05) is 6.92 Å². The molecule has 1 aromatic carbocycles. The van der Waals surface area contributed by atoms with E-state index in [9.17, 15) is 4.79 Å². The van der Waals surface area contributed by atoms with Gasteiger partial charge < -0.3 is 14.8 Å². The fraction of sp³-hybridized carbons (Fsp3) is 0.632. The van der Waals surface area contributed by atoms with Crippen molar-refractivity contribution in [3.05, 3.63) is 35.4 Å². The number of carbonyl (C=O) groups is 1. The Kier molecular flexibility index (Phi) is 7.06. The van der Waals surface area contributed by atoms with Crippen molar-refractivity contribution in [1.29, 1.82) is 0 Å². The molecule has 0 aromatic heterocycles. The third kappa shape index (κ3) is 5.63. The molecule has 1 aliphatic rings. The highest BCUT2D eigenvalue weighted by Gasteiger charge is 2.20. The number of hydrogen-bond acceptors (Lipinski definition) is 3. The first-order valence-corrected chi connectivity index (χ1v) is 8.72. The molecule has 1 heterocycles. The topological polar surface area (TPSA) is 47.6 Å². The predicted octanol–water partition coefficient (Wildman–Crippen LogP) is 3.40. The van der Waals surface area contributed by atoms with Gasteiger partial charge in [-0.25, -0.2) is 0 Å². The molecular weight excluding hydrogens is 290 g/mol. The van der Waals surface area contributed by atoms with Gasteiger partial charge in [0.2, 0.25) is 5.91 Å². The average molecular weight is 319 g/mol. The van der Waals surface area contributed by atoms with E-state index < -0.39 is 6.10 Å². The minimum atomic E-state index is -0.460. The van der Waals surface area contributed by atoms with Crippen molar-refractivity contribution in [2.45, 2.75) is 64.7 Å². The summed E-state index contributed by atoms with van der Waals surface area (Å²) in [7, 11) is 0. The van der Waals surface area contributed by atoms with Gasteiger partial charge in [0.25, 0.3) is 0 Å².